The number of hydrogen-bond acceptors (Lipinski definition) is 7. The van der Waals surface area contributed by atoms with E-state index in [0.717, 1.165) is 12.8 Å². The Morgan fingerprint density at radius 1 is 1.09 bits per heavy atom. The Bertz CT molecular complexity index is 1050. The molecule has 1 atom stereocenters. The van der Waals surface area contributed by atoms with Crippen LogP contribution < -0.4 is 0 Å². The van der Waals surface area contributed by atoms with Crippen LogP contribution in [0.5, 0.6) is 0 Å². The fourth-order valence-corrected chi connectivity index (χ4v) is 3.87. The number of H-pyrrole nitrogens is 1. The average Bonchev–Trinajstić information content (AvgIpc) is 3.33. The molecule has 10 nitrogen and oxygen atoms in total. The van der Waals surface area contributed by atoms with Gasteiger partial charge in [0.2, 0.25) is 0 Å². The van der Waals surface area contributed by atoms with Crippen molar-refractivity contribution in [3.8, 4) is 0 Å². The Kier molecular flexibility index (Phi) is 5.45. The second-order valence-corrected chi connectivity index (χ2v) is 8.71. The zero-order valence-corrected chi connectivity index (χ0v) is 18.1. The maximum absolute atomic E-state index is 12.9. The molecule has 0 aliphatic carbocycles. The number of carbonyl (C=O) groups is 4. The van der Waals surface area contributed by atoms with Crippen LogP contribution in [0.25, 0.3) is 0 Å². The Balaban J connectivity index is 1.55. The van der Waals surface area contributed by atoms with Gasteiger partial charge in [0.05, 0.1) is 29.1 Å². The molecule has 32 heavy (non-hydrogen) atoms. The third kappa shape index (κ3) is 3.95. The van der Waals surface area contributed by atoms with Crippen molar-refractivity contribution in [3.05, 3.63) is 52.8 Å². The number of fused-ring (bicyclic) bond motifs is 1. The Hall–Kier alpha value is -3.69. The minimum Gasteiger partial charge on any atom is -0.444 e. The van der Waals surface area contributed by atoms with E-state index < -0.39 is 35.5 Å². The second kappa shape index (κ2) is 8.10. The van der Waals surface area contributed by atoms with E-state index in [-0.39, 0.29) is 16.7 Å². The molecule has 3 amide bonds. The van der Waals surface area contributed by atoms with E-state index in [1.807, 2.05) is 0 Å². The maximum Gasteiger partial charge on any atom is 0.410 e. The van der Waals surface area contributed by atoms with Gasteiger partial charge >= 0.3 is 12.1 Å². The molecule has 0 spiro atoms. The average molecular weight is 440 g/mol. The summed E-state index contributed by atoms with van der Waals surface area (Å²) in [5, 5.41) is 7.18. The predicted molar refractivity (Wildman–Crippen MR) is 110 cm³/mol. The largest absolute Gasteiger partial charge is 0.444 e. The number of amides is 3. The van der Waals surface area contributed by atoms with Crippen molar-refractivity contribution >= 4 is 23.9 Å². The van der Waals surface area contributed by atoms with Crippen molar-refractivity contribution in [1.82, 2.24) is 20.2 Å². The third-order valence-electron chi connectivity index (χ3n) is 5.28. The van der Waals surface area contributed by atoms with Crippen LogP contribution in [0.2, 0.25) is 0 Å². The molecule has 2 aliphatic rings. The smallest absolute Gasteiger partial charge is 0.410 e. The standard InChI is InChI=1S/C22H24N4O6/c1-22(2,3)31-21(30)25-11-7-6-10-16(25)17-15(12-23-24-17)20(29)32-26-18(27)13-8-4-5-9-14(13)19(26)28/h4-5,8-9,12,16H,6-7,10-11H2,1-3H3,(H,23,24). The van der Waals surface area contributed by atoms with Gasteiger partial charge in [-0.2, -0.15) is 5.10 Å². The fraction of sp³-hybridized carbons (Fsp3) is 0.409. The quantitative estimate of drug-likeness (QED) is 0.727. The van der Waals surface area contributed by atoms with Crippen LogP contribution in [-0.2, 0) is 9.57 Å². The number of ether oxygens (including phenoxy) is 1. The number of carbonyl (C=O) groups excluding carboxylic acids is 4. The molecule has 0 saturated carbocycles. The molecule has 1 unspecified atom stereocenters. The van der Waals surface area contributed by atoms with Crippen molar-refractivity contribution in [2.45, 2.75) is 51.7 Å². The van der Waals surface area contributed by atoms with Crippen molar-refractivity contribution in [2.24, 2.45) is 0 Å². The van der Waals surface area contributed by atoms with Gasteiger partial charge in [-0.1, -0.05) is 17.2 Å². The van der Waals surface area contributed by atoms with Gasteiger partial charge in [-0.3, -0.25) is 19.6 Å². The monoisotopic (exact) mass is 440 g/mol. The van der Waals surface area contributed by atoms with Gasteiger partial charge in [-0.05, 0) is 52.2 Å². The molecule has 0 bridgehead atoms. The zero-order valence-electron chi connectivity index (χ0n) is 18.1. The first-order valence-corrected chi connectivity index (χ1v) is 10.4. The lowest BCUT2D eigenvalue weighted by molar-refractivity contribution is -0.0586. The third-order valence-corrected chi connectivity index (χ3v) is 5.28. The lowest BCUT2D eigenvalue weighted by atomic mass is 9.97. The van der Waals surface area contributed by atoms with Crippen molar-refractivity contribution in [2.75, 3.05) is 6.54 Å². The molecule has 1 aromatic carbocycles. The van der Waals surface area contributed by atoms with Crippen LogP contribution in [0.3, 0.4) is 0 Å². The number of rotatable bonds is 3. The second-order valence-electron chi connectivity index (χ2n) is 8.71. The number of nitrogens with one attached hydrogen (secondary N) is 1. The molecular formula is C22H24N4O6. The highest BCUT2D eigenvalue weighted by Gasteiger charge is 2.40. The van der Waals surface area contributed by atoms with Crippen LogP contribution in [0.15, 0.2) is 30.5 Å². The van der Waals surface area contributed by atoms with Crippen molar-refractivity contribution in [1.29, 1.82) is 0 Å². The Labute approximate surface area is 184 Å². The van der Waals surface area contributed by atoms with E-state index in [4.69, 9.17) is 9.57 Å². The molecular weight excluding hydrogens is 416 g/mol. The molecule has 2 aliphatic heterocycles. The van der Waals surface area contributed by atoms with E-state index in [9.17, 15) is 19.2 Å². The SMILES string of the molecule is CC(C)(C)OC(=O)N1CCCCC1c1[nH]ncc1C(=O)ON1C(=O)c2ccccc2C1=O. The minimum atomic E-state index is -0.919. The predicted octanol–water partition coefficient (Wildman–Crippen LogP) is 3.24. The summed E-state index contributed by atoms with van der Waals surface area (Å²) in [4.78, 5) is 57.4. The van der Waals surface area contributed by atoms with Crippen LogP contribution in [0.4, 0.5) is 4.79 Å². The first-order chi connectivity index (χ1) is 15.2. The number of hydroxylamine groups is 2. The molecule has 1 aromatic heterocycles. The Morgan fingerprint density at radius 2 is 1.75 bits per heavy atom. The summed E-state index contributed by atoms with van der Waals surface area (Å²) in [6, 6.07) is 5.75. The molecule has 1 saturated heterocycles. The zero-order chi connectivity index (χ0) is 23.0. The summed E-state index contributed by atoms with van der Waals surface area (Å²) in [5.74, 6) is -2.34. The molecule has 0 radical (unpaired) electrons. The summed E-state index contributed by atoms with van der Waals surface area (Å²) in [6.07, 6.45) is 3.01. The van der Waals surface area contributed by atoms with Gasteiger partial charge < -0.3 is 9.57 Å². The van der Waals surface area contributed by atoms with E-state index in [0.29, 0.717) is 23.7 Å². The topological polar surface area (TPSA) is 122 Å². The lowest BCUT2D eigenvalue weighted by Crippen LogP contribution is -2.42. The molecule has 1 fully saturated rings. The van der Waals surface area contributed by atoms with Gasteiger partial charge in [0.1, 0.15) is 11.2 Å². The number of benzene rings is 1. The normalized spacial score (nSPS) is 18.5. The number of nitrogens with zero attached hydrogens (tertiary/aromatic N) is 3. The van der Waals surface area contributed by atoms with E-state index >= 15 is 0 Å². The number of aromatic nitrogens is 2. The molecule has 1 N–H and O–H groups in total. The van der Waals surface area contributed by atoms with Gasteiger partial charge in [0.15, 0.2) is 0 Å². The summed E-state index contributed by atoms with van der Waals surface area (Å²) in [7, 11) is 0. The van der Waals surface area contributed by atoms with Crippen LogP contribution in [-0.4, -0.2) is 56.2 Å². The fourth-order valence-electron chi connectivity index (χ4n) is 3.87. The number of piperidine rings is 1. The summed E-state index contributed by atoms with van der Waals surface area (Å²) in [6.45, 7) is 5.81. The minimum absolute atomic E-state index is 0.0435. The van der Waals surface area contributed by atoms with E-state index in [1.165, 1.54) is 18.3 Å². The number of aromatic amines is 1. The summed E-state index contributed by atoms with van der Waals surface area (Å²) in [5.41, 5.74) is 0.0849. The maximum atomic E-state index is 12.9. The highest BCUT2D eigenvalue weighted by molar-refractivity contribution is 6.21. The van der Waals surface area contributed by atoms with Gasteiger partial charge in [-0.15, -0.1) is 0 Å². The lowest BCUT2D eigenvalue weighted by Gasteiger charge is -2.36. The first kappa shape index (κ1) is 21.5. The summed E-state index contributed by atoms with van der Waals surface area (Å²) >= 11 is 0. The van der Waals surface area contributed by atoms with Crippen molar-refractivity contribution < 1.29 is 28.8 Å². The van der Waals surface area contributed by atoms with Gasteiger partial charge in [0.25, 0.3) is 11.8 Å². The van der Waals surface area contributed by atoms with Crippen LogP contribution in [0, 0.1) is 0 Å². The summed E-state index contributed by atoms with van der Waals surface area (Å²) < 4.78 is 5.52. The van der Waals surface area contributed by atoms with Gasteiger partial charge in [-0.25, -0.2) is 9.59 Å². The number of likely N-dealkylation sites (tertiary alicyclic amines) is 1. The highest BCUT2D eigenvalue weighted by Crippen LogP contribution is 2.33. The Morgan fingerprint density at radius 3 is 2.38 bits per heavy atom. The molecule has 168 valence electrons. The number of hydrogen-bond donors (Lipinski definition) is 1. The molecule has 10 heteroatoms. The molecule has 4 rings (SSSR count). The number of imide groups is 1. The van der Waals surface area contributed by atoms with Crippen molar-refractivity contribution in [3.63, 3.8) is 0 Å². The van der Waals surface area contributed by atoms with E-state index in [1.54, 1.807) is 37.8 Å². The molecule has 2 aromatic rings. The van der Waals surface area contributed by atoms with E-state index in [2.05, 4.69) is 10.2 Å². The first-order valence-electron chi connectivity index (χ1n) is 10.4. The van der Waals surface area contributed by atoms with Gasteiger partial charge in [0, 0.05) is 6.54 Å². The van der Waals surface area contributed by atoms with Crippen LogP contribution in [0.1, 0.15) is 82.8 Å². The highest BCUT2D eigenvalue weighted by atomic mass is 16.7. The van der Waals surface area contributed by atoms with Crippen LogP contribution >= 0.6 is 0 Å². The molecule has 3 heterocycles.